The summed E-state index contributed by atoms with van der Waals surface area (Å²) in [6.07, 6.45) is 7.34. The van der Waals surface area contributed by atoms with E-state index < -0.39 is 10.0 Å². The van der Waals surface area contributed by atoms with E-state index in [1.807, 2.05) is 6.07 Å². The highest BCUT2D eigenvalue weighted by Crippen LogP contribution is 2.43. The summed E-state index contributed by atoms with van der Waals surface area (Å²) >= 11 is 17.1. The maximum Gasteiger partial charge on any atom is 0.240 e. The summed E-state index contributed by atoms with van der Waals surface area (Å²) in [6, 6.07) is 8.62. The first-order valence-electron chi connectivity index (χ1n) is 22.4. The molecule has 67 heavy (non-hydrogen) atoms. The lowest BCUT2D eigenvalue weighted by atomic mass is 9.85. The SMILES string of the molecule is CCc1[nH]c2nc(Sc3cnc4nccnc4c3)nc(N3C[C@H](N)C[C@H](CC(C)c4[nH]c5nc(Sc6ccc(S(=O)(=O)NCCN7CCOCC7)cc6)nc(N6CC(N)C6)c5c4Cl)C3)c2c1Cl. The molecule has 23 heteroatoms. The molecule has 0 saturated carbocycles. The Morgan fingerprint density at radius 1 is 0.851 bits per heavy atom. The number of piperidine rings is 1. The molecule has 9 heterocycles. The number of aromatic amines is 2. The van der Waals surface area contributed by atoms with Crippen molar-refractivity contribution in [2.45, 2.75) is 76.1 Å². The van der Waals surface area contributed by atoms with Gasteiger partial charge in [-0.1, -0.05) is 37.0 Å². The Hall–Kier alpha value is -4.42. The minimum Gasteiger partial charge on any atom is -0.379 e. The highest BCUT2D eigenvalue weighted by Gasteiger charge is 2.34. The summed E-state index contributed by atoms with van der Waals surface area (Å²) in [5.41, 5.74) is 17.5. The van der Waals surface area contributed by atoms with Crippen LogP contribution in [0.4, 0.5) is 11.6 Å². The predicted octanol–water partition coefficient (Wildman–Crippen LogP) is 5.84. The first-order valence-corrected chi connectivity index (χ1v) is 26.3. The van der Waals surface area contributed by atoms with Crippen LogP contribution in [0.3, 0.4) is 0 Å². The number of aromatic nitrogens is 9. The quantitative estimate of drug-likeness (QED) is 0.0758. The summed E-state index contributed by atoms with van der Waals surface area (Å²) in [4.78, 5) is 48.7. The van der Waals surface area contributed by atoms with Crippen molar-refractivity contribution in [2.75, 3.05) is 75.4 Å². The molecule has 6 aromatic heterocycles. The fourth-order valence-corrected chi connectivity index (χ4v) is 12.5. The summed E-state index contributed by atoms with van der Waals surface area (Å²) in [5.74, 6) is 1.64. The topological polar surface area (TPSA) is 239 Å². The number of H-pyrrole nitrogens is 2. The summed E-state index contributed by atoms with van der Waals surface area (Å²) in [7, 11) is -3.68. The Bertz CT molecular complexity index is 3040. The van der Waals surface area contributed by atoms with Crippen LogP contribution in [0.15, 0.2) is 73.9 Å². The minimum absolute atomic E-state index is 0.000927. The molecule has 0 radical (unpaired) electrons. The molecule has 7 aromatic rings. The van der Waals surface area contributed by atoms with Crippen molar-refractivity contribution in [1.29, 1.82) is 0 Å². The Labute approximate surface area is 406 Å². The lowest BCUT2D eigenvalue weighted by molar-refractivity contribution is 0.0390. The fraction of sp³-hybridized carbons (Fsp3) is 0.432. The molecule has 18 nitrogen and oxygen atoms in total. The third kappa shape index (κ3) is 9.90. The van der Waals surface area contributed by atoms with E-state index in [0.29, 0.717) is 108 Å². The van der Waals surface area contributed by atoms with E-state index in [1.54, 1.807) is 42.9 Å². The number of morpholine rings is 1. The maximum absolute atomic E-state index is 13.1. The Morgan fingerprint density at radius 3 is 2.22 bits per heavy atom. The van der Waals surface area contributed by atoms with Crippen LogP contribution < -0.4 is 26.0 Å². The summed E-state index contributed by atoms with van der Waals surface area (Å²) in [6.45, 7) is 10.7. The Kier molecular flexibility index (Phi) is 13.5. The van der Waals surface area contributed by atoms with Gasteiger partial charge in [0.05, 0.1) is 38.9 Å². The number of halogens is 2. The number of ether oxygens (including phenoxy) is 1. The van der Waals surface area contributed by atoms with Crippen LogP contribution in [0.2, 0.25) is 10.0 Å². The third-order valence-corrected chi connectivity index (χ3v) is 16.5. The second-order valence-electron chi connectivity index (χ2n) is 17.4. The number of aryl methyl sites for hydroxylation is 1. The van der Waals surface area contributed by atoms with E-state index in [9.17, 15) is 8.42 Å². The van der Waals surface area contributed by atoms with Crippen molar-refractivity contribution in [3.63, 3.8) is 0 Å². The van der Waals surface area contributed by atoms with Crippen LogP contribution in [-0.4, -0.2) is 136 Å². The number of hydrogen-bond acceptors (Lipinski definition) is 17. The number of pyridine rings is 1. The van der Waals surface area contributed by atoms with E-state index in [0.717, 1.165) is 63.7 Å². The van der Waals surface area contributed by atoms with E-state index in [1.165, 1.54) is 23.5 Å². The molecule has 3 aliphatic rings. The van der Waals surface area contributed by atoms with Gasteiger partial charge in [-0.25, -0.2) is 43.0 Å². The number of sulfonamides is 1. The molecule has 3 atom stereocenters. The normalized spacial score (nSPS) is 19.2. The van der Waals surface area contributed by atoms with E-state index in [4.69, 9.17) is 59.3 Å². The smallest absolute Gasteiger partial charge is 0.240 e. The van der Waals surface area contributed by atoms with Crippen LogP contribution in [-0.2, 0) is 21.2 Å². The van der Waals surface area contributed by atoms with Crippen molar-refractivity contribution >= 4 is 102 Å². The molecular weight excluding hydrogens is 954 g/mol. The average Bonchev–Trinajstić information content (AvgIpc) is 3.82. The molecular formula is C44H51Cl2N15O3S3. The number of nitrogens with one attached hydrogen (secondary N) is 3. The van der Waals surface area contributed by atoms with Gasteiger partial charge < -0.3 is 36.0 Å². The molecule has 352 valence electrons. The van der Waals surface area contributed by atoms with Crippen molar-refractivity contribution in [3.05, 3.63) is 70.4 Å². The number of benzene rings is 1. The molecule has 1 unspecified atom stereocenters. The number of nitrogens with two attached hydrogens (primary N) is 2. The highest BCUT2D eigenvalue weighted by molar-refractivity contribution is 7.99. The number of anilines is 2. The molecule has 10 rings (SSSR count). The van der Waals surface area contributed by atoms with E-state index in [2.05, 4.69) is 58.2 Å². The van der Waals surface area contributed by atoms with Crippen molar-refractivity contribution in [1.82, 2.24) is 54.5 Å². The number of fused-ring (bicyclic) bond motifs is 3. The molecule has 1 aromatic carbocycles. The van der Waals surface area contributed by atoms with Crippen molar-refractivity contribution in [2.24, 2.45) is 17.4 Å². The van der Waals surface area contributed by atoms with Crippen molar-refractivity contribution < 1.29 is 13.2 Å². The van der Waals surface area contributed by atoms with Gasteiger partial charge in [-0.05, 0) is 85.0 Å². The standard InChI is InChI=1S/C44H51Cl2N15O3S3/c1-3-31-35(45)33-39(53-31)55-44(66-29-18-32-38(51-19-29)50-9-8-49-32)57-41(33)60-20-25(17-26(47)21-60)16-24(2)37-36(46)34-40(54-37)56-43(58-42(34)61-22-27(48)23-61)65-28-4-6-30(7-5-28)67(62,63)52-10-11-59-12-14-64-15-13-59/h4-9,18-19,24-27,52H,3,10-17,20-23,47-48H2,1-2H3,(H,53,55,57)(H,54,56,58)/t24?,25-,26+/m0/s1. The van der Waals surface area contributed by atoms with Gasteiger partial charge in [0.25, 0.3) is 0 Å². The minimum atomic E-state index is -3.68. The van der Waals surface area contributed by atoms with Crippen LogP contribution in [0.5, 0.6) is 0 Å². The summed E-state index contributed by atoms with van der Waals surface area (Å²) < 4.78 is 34.4. The lowest BCUT2D eigenvalue weighted by Crippen LogP contribution is -2.56. The van der Waals surface area contributed by atoms with Gasteiger partial charge in [0, 0.05) is 104 Å². The van der Waals surface area contributed by atoms with Gasteiger partial charge in [0.1, 0.15) is 28.4 Å². The summed E-state index contributed by atoms with van der Waals surface area (Å²) in [5, 5.41) is 3.79. The van der Waals surface area contributed by atoms with Gasteiger partial charge in [0.15, 0.2) is 16.0 Å². The predicted molar refractivity (Wildman–Crippen MR) is 263 cm³/mol. The zero-order chi connectivity index (χ0) is 46.4. The average molecular weight is 1010 g/mol. The van der Waals surface area contributed by atoms with E-state index in [-0.39, 0.29) is 28.8 Å². The molecule has 0 bridgehead atoms. The largest absolute Gasteiger partial charge is 0.379 e. The van der Waals surface area contributed by atoms with Gasteiger partial charge >= 0.3 is 0 Å². The molecule has 3 aliphatic heterocycles. The zero-order valence-electron chi connectivity index (χ0n) is 37.0. The van der Waals surface area contributed by atoms with Gasteiger partial charge in [-0.15, -0.1) is 0 Å². The Morgan fingerprint density at radius 2 is 1.51 bits per heavy atom. The van der Waals surface area contributed by atoms with Gasteiger partial charge in [-0.2, -0.15) is 0 Å². The number of hydrogen-bond donors (Lipinski definition) is 5. The number of nitrogens with zero attached hydrogens (tertiary/aromatic N) is 10. The highest BCUT2D eigenvalue weighted by atomic mass is 35.5. The van der Waals surface area contributed by atoms with Crippen molar-refractivity contribution in [3.8, 4) is 0 Å². The molecule has 3 fully saturated rings. The zero-order valence-corrected chi connectivity index (χ0v) is 40.9. The second-order valence-corrected chi connectivity index (χ2v) is 22.0. The molecule has 0 amide bonds. The Balaban J connectivity index is 0.878. The van der Waals surface area contributed by atoms with Crippen LogP contribution in [0.25, 0.3) is 33.2 Å². The van der Waals surface area contributed by atoms with Gasteiger partial charge in [-0.3, -0.25) is 9.88 Å². The maximum atomic E-state index is 13.1. The fourth-order valence-electron chi connectivity index (χ4n) is 9.17. The van der Waals surface area contributed by atoms with Crippen LogP contribution >= 0.6 is 46.7 Å². The van der Waals surface area contributed by atoms with Gasteiger partial charge in [0.2, 0.25) is 10.0 Å². The number of rotatable bonds is 15. The van der Waals surface area contributed by atoms with E-state index >= 15 is 0 Å². The molecule has 3 saturated heterocycles. The van der Waals surface area contributed by atoms with Crippen LogP contribution in [0, 0.1) is 5.92 Å². The first-order chi connectivity index (χ1) is 32.4. The molecule has 7 N–H and O–H groups in total. The lowest BCUT2D eigenvalue weighted by Gasteiger charge is -2.38. The van der Waals surface area contributed by atoms with Crippen LogP contribution in [0.1, 0.15) is 44.0 Å². The molecule has 0 aliphatic carbocycles. The second kappa shape index (κ2) is 19.5. The molecule has 0 spiro atoms. The third-order valence-electron chi connectivity index (χ3n) is 12.5. The monoisotopic (exact) mass is 1000 g/mol. The first kappa shape index (κ1) is 46.3.